The predicted molar refractivity (Wildman–Crippen MR) is 79.5 cm³/mol. The summed E-state index contributed by atoms with van der Waals surface area (Å²) in [5, 5.41) is 0. The van der Waals surface area contributed by atoms with Crippen LogP contribution in [-0.4, -0.2) is 24.5 Å². The summed E-state index contributed by atoms with van der Waals surface area (Å²) in [5.74, 6) is 0.725. The van der Waals surface area contributed by atoms with Crippen molar-refractivity contribution in [2.75, 3.05) is 13.6 Å². The average molecular weight is 248 g/mol. The Morgan fingerprint density at radius 1 is 1.17 bits per heavy atom. The zero-order valence-corrected chi connectivity index (χ0v) is 12.5. The molecule has 2 atom stereocenters. The molecule has 2 nitrogen and oxygen atoms in total. The van der Waals surface area contributed by atoms with Crippen molar-refractivity contribution < 1.29 is 0 Å². The standard InChI is InChI=1S/C16H28N2/c1-13(2)11-14(3)18(5)12-16(4,17)15-9-7-6-8-10-15/h6-10,13-14H,11-12,17H2,1-5H3. The second-order valence-electron chi connectivity index (χ2n) is 6.18. The van der Waals surface area contributed by atoms with E-state index < -0.39 is 0 Å². The van der Waals surface area contributed by atoms with Crippen molar-refractivity contribution in [2.45, 2.75) is 45.7 Å². The second-order valence-corrected chi connectivity index (χ2v) is 6.18. The molecule has 2 N–H and O–H groups in total. The molecule has 2 unspecified atom stereocenters. The SMILES string of the molecule is CC(C)CC(C)N(C)CC(C)(N)c1ccccc1. The van der Waals surface area contributed by atoms with Crippen LogP contribution in [0.3, 0.4) is 0 Å². The summed E-state index contributed by atoms with van der Waals surface area (Å²) >= 11 is 0. The number of hydrogen-bond acceptors (Lipinski definition) is 2. The Bertz CT molecular complexity index is 343. The minimum atomic E-state index is -0.290. The van der Waals surface area contributed by atoms with Gasteiger partial charge in [-0.25, -0.2) is 0 Å². The van der Waals surface area contributed by atoms with Gasteiger partial charge in [0.05, 0.1) is 5.54 Å². The fourth-order valence-corrected chi connectivity index (χ4v) is 2.45. The van der Waals surface area contributed by atoms with Crippen molar-refractivity contribution in [3.05, 3.63) is 35.9 Å². The van der Waals surface area contributed by atoms with Crippen molar-refractivity contribution in [1.29, 1.82) is 0 Å². The third-order valence-corrected chi connectivity index (χ3v) is 3.58. The Morgan fingerprint density at radius 3 is 2.22 bits per heavy atom. The fraction of sp³-hybridized carbons (Fsp3) is 0.625. The monoisotopic (exact) mass is 248 g/mol. The molecule has 0 saturated carbocycles. The highest BCUT2D eigenvalue weighted by atomic mass is 15.1. The Morgan fingerprint density at radius 2 is 1.72 bits per heavy atom. The van der Waals surface area contributed by atoms with Crippen LogP contribution in [0.5, 0.6) is 0 Å². The van der Waals surface area contributed by atoms with Crippen LogP contribution in [0.1, 0.15) is 39.7 Å². The molecular formula is C16H28N2. The summed E-state index contributed by atoms with van der Waals surface area (Å²) in [6.45, 7) is 9.80. The van der Waals surface area contributed by atoms with Crippen molar-refractivity contribution in [1.82, 2.24) is 4.90 Å². The quantitative estimate of drug-likeness (QED) is 0.837. The van der Waals surface area contributed by atoms with Gasteiger partial charge in [0.15, 0.2) is 0 Å². The molecule has 1 aromatic rings. The lowest BCUT2D eigenvalue weighted by Crippen LogP contribution is -2.47. The van der Waals surface area contributed by atoms with E-state index >= 15 is 0 Å². The first kappa shape index (κ1) is 15.2. The fourth-order valence-electron chi connectivity index (χ4n) is 2.45. The maximum atomic E-state index is 6.47. The maximum Gasteiger partial charge on any atom is 0.0509 e. The molecule has 1 aromatic carbocycles. The molecule has 0 aliphatic carbocycles. The summed E-state index contributed by atoms with van der Waals surface area (Å²) < 4.78 is 0. The van der Waals surface area contributed by atoms with Crippen LogP contribution in [0.15, 0.2) is 30.3 Å². The van der Waals surface area contributed by atoms with Crippen molar-refractivity contribution in [2.24, 2.45) is 11.7 Å². The third-order valence-electron chi connectivity index (χ3n) is 3.58. The van der Waals surface area contributed by atoms with E-state index in [1.807, 2.05) is 6.07 Å². The van der Waals surface area contributed by atoms with Crippen LogP contribution in [0, 0.1) is 5.92 Å². The molecule has 0 spiro atoms. The first-order chi connectivity index (χ1) is 8.33. The normalized spacial score (nSPS) is 16.9. The van der Waals surface area contributed by atoms with Gasteiger partial charge in [0.2, 0.25) is 0 Å². The van der Waals surface area contributed by atoms with Gasteiger partial charge in [-0.05, 0) is 38.8 Å². The lowest BCUT2D eigenvalue weighted by molar-refractivity contribution is 0.186. The Kier molecular flexibility index (Phi) is 5.36. The van der Waals surface area contributed by atoms with E-state index in [2.05, 4.69) is 63.9 Å². The summed E-state index contributed by atoms with van der Waals surface area (Å²) in [4.78, 5) is 2.37. The van der Waals surface area contributed by atoms with Crippen LogP contribution in [0.2, 0.25) is 0 Å². The average Bonchev–Trinajstić information content (AvgIpc) is 2.28. The van der Waals surface area contributed by atoms with Crippen LogP contribution in [0.4, 0.5) is 0 Å². The molecule has 0 heterocycles. The highest BCUT2D eigenvalue weighted by Gasteiger charge is 2.24. The molecule has 18 heavy (non-hydrogen) atoms. The molecule has 0 saturated heterocycles. The minimum absolute atomic E-state index is 0.290. The van der Waals surface area contributed by atoms with E-state index in [0.717, 1.165) is 12.5 Å². The number of likely N-dealkylation sites (N-methyl/N-ethyl adjacent to an activating group) is 1. The van der Waals surface area contributed by atoms with Gasteiger partial charge in [-0.3, -0.25) is 0 Å². The van der Waals surface area contributed by atoms with Gasteiger partial charge in [-0.2, -0.15) is 0 Å². The number of rotatable bonds is 6. The van der Waals surface area contributed by atoms with Gasteiger partial charge in [0.1, 0.15) is 0 Å². The van der Waals surface area contributed by atoms with E-state index in [0.29, 0.717) is 6.04 Å². The van der Waals surface area contributed by atoms with Gasteiger partial charge < -0.3 is 10.6 Å². The molecule has 0 aliphatic heterocycles. The van der Waals surface area contributed by atoms with E-state index in [1.165, 1.54) is 12.0 Å². The molecule has 0 aliphatic rings. The van der Waals surface area contributed by atoms with Crippen molar-refractivity contribution in [3.8, 4) is 0 Å². The number of nitrogens with two attached hydrogens (primary N) is 1. The highest BCUT2D eigenvalue weighted by Crippen LogP contribution is 2.20. The first-order valence-electron chi connectivity index (χ1n) is 6.87. The zero-order valence-electron chi connectivity index (χ0n) is 12.5. The lowest BCUT2D eigenvalue weighted by atomic mass is 9.92. The summed E-state index contributed by atoms with van der Waals surface area (Å²) in [5.41, 5.74) is 7.38. The topological polar surface area (TPSA) is 29.3 Å². The van der Waals surface area contributed by atoms with Crippen LogP contribution in [-0.2, 0) is 5.54 Å². The van der Waals surface area contributed by atoms with Crippen LogP contribution < -0.4 is 5.73 Å². The van der Waals surface area contributed by atoms with Crippen molar-refractivity contribution >= 4 is 0 Å². The second kappa shape index (κ2) is 6.35. The maximum absolute atomic E-state index is 6.47. The summed E-state index contributed by atoms with van der Waals surface area (Å²) in [6, 6.07) is 10.9. The molecule has 102 valence electrons. The number of nitrogens with zero attached hydrogens (tertiary/aromatic N) is 1. The van der Waals surface area contributed by atoms with Crippen molar-refractivity contribution in [3.63, 3.8) is 0 Å². The molecule has 0 radical (unpaired) electrons. The van der Waals surface area contributed by atoms with Crippen LogP contribution >= 0.6 is 0 Å². The van der Waals surface area contributed by atoms with E-state index in [1.54, 1.807) is 0 Å². The number of hydrogen-bond donors (Lipinski definition) is 1. The van der Waals surface area contributed by atoms with Crippen LogP contribution in [0.25, 0.3) is 0 Å². The molecule has 0 bridgehead atoms. The Labute approximate surface area is 112 Å². The van der Waals surface area contributed by atoms with Gasteiger partial charge >= 0.3 is 0 Å². The van der Waals surface area contributed by atoms with E-state index in [4.69, 9.17) is 5.73 Å². The molecule has 2 heteroatoms. The molecule has 0 amide bonds. The largest absolute Gasteiger partial charge is 0.321 e. The van der Waals surface area contributed by atoms with Gasteiger partial charge in [0.25, 0.3) is 0 Å². The zero-order chi connectivity index (χ0) is 13.8. The predicted octanol–water partition coefficient (Wildman–Crippen LogP) is 3.23. The van der Waals surface area contributed by atoms with Gasteiger partial charge in [0, 0.05) is 12.6 Å². The minimum Gasteiger partial charge on any atom is -0.321 e. The van der Waals surface area contributed by atoms with Gasteiger partial charge in [-0.15, -0.1) is 0 Å². The summed E-state index contributed by atoms with van der Waals surface area (Å²) in [6.07, 6.45) is 1.21. The number of benzene rings is 1. The molecule has 0 aromatic heterocycles. The summed E-state index contributed by atoms with van der Waals surface area (Å²) in [7, 11) is 2.17. The molecular weight excluding hydrogens is 220 g/mol. The smallest absolute Gasteiger partial charge is 0.0509 e. The lowest BCUT2D eigenvalue weighted by Gasteiger charge is -2.34. The third kappa shape index (κ3) is 4.43. The van der Waals surface area contributed by atoms with E-state index in [-0.39, 0.29) is 5.54 Å². The molecule has 1 rings (SSSR count). The Hall–Kier alpha value is -0.860. The molecule has 0 fully saturated rings. The van der Waals surface area contributed by atoms with Gasteiger partial charge in [-0.1, -0.05) is 44.2 Å². The Balaban J connectivity index is 2.65. The first-order valence-corrected chi connectivity index (χ1v) is 6.87. The van der Waals surface area contributed by atoms with E-state index in [9.17, 15) is 0 Å². The highest BCUT2D eigenvalue weighted by molar-refractivity contribution is 5.23.